The van der Waals surface area contributed by atoms with Crippen molar-refractivity contribution in [1.82, 2.24) is 0 Å². The fraction of sp³-hybridized carbons (Fsp3) is 0.611. The van der Waals surface area contributed by atoms with Gasteiger partial charge < -0.3 is 5.73 Å². The first-order chi connectivity index (χ1) is 9.57. The molecule has 1 aromatic carbocycles. The summed E-state index contributed by atoms with van der Waals surface area (Å²) in [5.74, 6) is 1.42. The van der Waals surface area contributed by atoms with Crippen molar-refractivity contribution in [3.8, 4) is 0 Å². The Bertz CT molecular complexity index is 428. The lowest BCUT2D eigenvalue weighted by molar-refractivity contribution is 0.424. The summed E-state index contributed by atoms with van der Waals surface area (Å²) in [6, 6.07) is 10.6. The first kappa shape index (κ1) is 15.1. The average Bonchev–Trinajstić information content (AvgIpc) is 2.47. The molecule has 0 radical (unpaired) electrons. The number of nitrogens with two attached hydrogens (primary N) is 1. The van der Waals surface area contributed by atoms with Crippen LogP contribution in [0.3, 0.4) is 0 Å². The summed E-state index contributed by atoms with van der Waals surface area (Å²) in [6.07, 6.45) is 8.55. The summed E-state index contributed by atoms with van der Waals surface area (Å²) in [5, 5.41) is 0. The summed E-state index contributed by atoms with van der Waals surface area (Å²) in [5.41, 5.74) is 7.58. The minimum Gasteiger partial charge on any atom is -0.387 e. The molecule has 0 spiro atoms. The second-order valence-corrected chi connectivity index (χ2v) is 6.67. The van der Waals surface area contributed by atoms with E-state index in [1.165, 1.54) is 37.7 Å². The first-order valence-corrected chi connectivity index (χ1v) is 7.96. The molecule has 0 aliphatic heterocycles. The lowest BCUT2D eigenvalue weighted by Gasteiger charge is -2.26. The van der Waals surface area contributed by atoms with Gasteiger partial charge in [0.1, 0.15) is 0 Å². The molecule has 2 N–H and O–H groups in total. The quantitative estimate of drug-likeness (QED) is 0.628. The summed E-state index contributed by atoms with van der Waals surface area (Å²) in [7, 11) is 0. The predicted molar refractivity (Wildman–Crippen MR) is 87.0 cm³/mol. The van der Waals surface area contributed by atoms with Gasteiger partial charge in [0.15, 0.2) is 0 Å². The third kappa shape index (κ3) is 4.66. The number of hydrogen-bond acceptors (Lipinski definition) is 1. The maximum Gasteiger partial charge on any atom is 0.0975 e. The summed E-state index contributed by atoms with van der Waals surface area (Å²) < 4.78 is 0. The van der Waals surface area contributed by atoms with Gasteiger partial charge in [0, 0.05) is 5.92 Å². The van der Waals surface area contributed by atoms with Crippen molar-refractivity contribution < 1.29 is 0 Å². The highest BCUT2D eigenvalue weighted by molar-refractivity contribution is 5.83. The molecule has 1 aromatic rings. The molecular formula is C18H28N2. The topological polar surface area (TPSA) is 38.4 Å². The molecule has 0 unspecified atom stereocenters. The average molecular weight is 272 g/mol. The molecule has 2 rings (SSSR count). The Kier molecular flexibility index (Phi) is 5.22. The lowest BCUT2D eigenvalue weighted by Crippen LogP contribution is -2.31. The molecule has 0 saturated heterocycles. The Labute approximate surface area is 123 Å². The van der Waals surface area contributed by atoms with E-state index in [0.29, 0.717) is 5.92 Å². The van der Waals surface area contributed by atoms with Crippen LogP contribution in [0.1, 0.15) is 57.9 Å². The van der Waals surface area contributed by atoms with Crippen LogP contribution in [-0.4, -0.2) is 11.4 Å². The van der Waals surface area contributed by atoms with Crippen LogP contribution in [0.2, 0.25) is 0 Å². The van der Waals surface area contributed by atoms with E-state index in [0.717, 1.165) is 18.7 Å². The first-order valence-electron chi connectivity index (χ1n) is 7.96. The van der Waals surface area contributed by atoms with Gasteiger partial charge in [0.25, 0.3) is 0 Å². The van der Waals surface area contributed by atoms with E-state index < -0.39 is 0 Å². The summed E-state index contributed by atoms with van der Waals surface area (Å²) in [4.78, 5) is 4.84. The molecule has 1 aliphatic rings. The highest BCUT2D eigenvalue weighted by Gasteiger charge is 2.21. The van der Waals surface area contributed by atoms with E-state index >= 15 is 0 Å². The fourth-order valence-corrected chi connectivity index (χ4v) is 2.99. The number of nitrogens with zero attached hydrogens (tertiary/aromatic N) is 1. The number of rotatable bonds is 5. The van der Waals surface area contributed by atoms with Gasteiger partial charge in [-0.05, 0) is 45.1 Å². The van der Waals surface area contributed by atoms with Crippen molar-refractivity contribution in [2.75, 3.05) is 0 Å². The molecule has 1 saturated carbocycles. The SMILES string of the molecule is CC(C)(CCc1ccccc1)N=C(N)C1CCCCC1. The van der Waals surface area contributed by atoms with Gasteiger partial charge in [0.2, 0.25) is 0 Å². The van der Waals surface area contributed by atoms with E-state index in [4.69, 9.17) is 10.7 Å². The van der Waals surface area contributed by atoms with Crippen LogP contribution >= 0.6 is 0 Å². The number of aryl methyl sites for hydroxylation is 1. The lowest BCUT2D eigenvalue weighted by atomic mass is 9.88. The largest absolute Gasteiger partial charge is 0.387 e. The Hall–Kier alpha value is -1.31. The number of aliphatic imine (C=N–C) groups is 1. The number of hydrogen-bond donors (Lipinski definition) is 1. The van der Waals surface area contributed by atoms with Crippen LogP contribution in [0.15, 0.2) is 35.3 Å². The molecule has 20 heavy (non-hydrogen) atoms. The predicted octanol–water partition coefficient (Wildman–Crippen LogP) is 4.34. The third-order valence-corrected chi connectivity index (χ3v) is 4.32. The van der Waals surface area contributed by atoms with Gasteiger partial charge in [-0.25, -0.2) is 0 Å². The smallest absolute Gasteiger partial charge is 0.0975 e. The maximum absolute atomic E-state index is 6.25. The molecule has 1 aliphatic carbocycles. The van der Waals surface area contributed by atoms with Crippen LogP contribution in [-0.2, 0) is 6.42 Å². The maximum atomic E-state index is 6.25. The molecule has 2 heteroatoms. The molecule has 0 bridgehead atoms. The minimum atomic E-state index is -0.0582. The van der Waals surface area contributed by atoms with E-state index in [1.54, 1.807) is 0 Å². The zero-order valence-corrected chi connectivity index (χ0v) is 12.9. The molecule has 110 valence electrons. The van der Waals surface area contributed by atoms with E-state index in [9.17, 15) is 0 Å². The molecule has 0 amide bonds. The van der Waals surface area contributed by atoms with Crippen LogP contribution in [0.5, 0.6) is 0 Å². The second kappa shape index (κ2) is 6.92. The van der Waals surface area contributed by atoms with E-state index in [1.807, 2.05) is 0 Å². The fourth-order valence-electron chi connectivity index (χ4n) is 2.99. The molecule has 0 aromatic heterocycles. The highest BCUT2D eigenvalue weighted by Crippen LogP contribution is 2.26. The molecule has 0 heterocycles. The van der Waals surface area contributed by atoms with Gasteiger partial charge in [-0.2, -0.15) is 0 Å². The van der Waals surface area contributed by atoms with E-state index in [-0.39, 0.29) is 5.54 Å². The molecule has 0 atom stereocenters. The van der Waals surface area contributed by atoms with Crippen LogP contribution in [0.4, 0.5) is 0 Å². The van der Waals surface area contributed by atoms with Gasteiger partial charge in [0.05, 0.1) is 11.4 Å². The van der Waals surface area contributed by atoms with E-state index in [2.05, 4.69) is 44.2 Å². The standard InChI is InChI=1S/C18H28N2/c1-18(2,14-13-15-9-5-3-6-10-15)20-17(19)16-11-7-4-8-12-16/h3,5-6,9-10,16H,4,7-8,11-14H2,1-2H3,(H2,19,20). The van der Waals surface area contributed by atoms with Crippen LogP contribution in [0, 0.1) is 5.92 Å². The van der Waals surface area contributed by atoms with Crippen molar-refractivity contribution in [3.05, 3.63) is 35.9 Å². The van der Waals surface area contributed by atoms with Gasteiger partial charge >= 0.3 is 0 Å². The summed E-state index contributed by atoms with van der Waals surface area (Å²) >= 11 is 0. The van der Waals surface area contributed by atoms with Crippen LogP contribution in [0.25, 0.3) is 0 Å². The second-order valence-electron chi connectivity index (χ2n) is 6.67. The molecule has 2 nitrogen and oxygen atoms in total. The zero-order chi connectivity index (χ0) is 14.4. The Morgan fingerprint density at radius 2 is 1.80 bits per heavy atom. The van der Waals surface area contributed by atoms with Gasteiger partial charge in [-0.15, -0.1) is 0 Å². The zero-order valence-electron chi connectivity index (χ0n) is 12.9. The highest BCUT2D eigenvalue weighted by atomic mass is 14.9. The normalized spacial score (nSPS) is 18.2. The van der Waals surface area contributed by atoms with Crippen molar-refractivity contribution in [1.29, 1.82) is 0 Å². The number of benzene rings is 1. The summed E-state index contributed by atoms with van der Waals surface area (Å²) in [6.45, 7) is 4.40. The minimum absolute atomic E-state index is 0.0582. The van der Waals surface area contributed by atoms with Crippen molar-refractivity contribution in [2.45, 2.75) is 64.3 Å². The molecular weight excluding hydrogens is 244 g/mol. The van der Waals surface area contributed by atoms with Gasteiger partial charge in [-0.1, -0.05) is 49.6 Å². The van der Waals surface area contributed by atoms with Gasteiger partial charge in [-0.3, -0.25) is 4.99 Å². The van der Waals surface area contributed by atoms with Crippen LogP contribution < -0.4 is 5.73 Å². The Balaban J connectivity index is 1.91. The third-order valence-electron chi connectivity index (χ3n) is 4.32. The van der Waals surface area contributed by atoms with Crippen molar-refractivity contribution in [3.63, 3.8) is 0 Å². The Morgan fingerprint density at radius 1 is 1.15 bits per heavy atom. The monoisotopic (exact) mass is 272 g/mol. The number of amidine groups is 1. The Morgan fingerprint density at radius 3 is 2.45 bits per heavy atom. The van der Waals surface area contributed by atoms with Crippen molar-refractivity contribution in [2.24, 2.45) is 16.6 Å². The molecule has 1 fully saturated rings. The van der Waals surface area contributed by atoms with Crippen molar-refractivity contribution >= 4 is 5.84 Å².